The second-order valence-electron chi connectivity index (χ2n) is 4.59. The summed E-state index contributed by atoms with van der Waals surface area (Å²) in [6, 6.07) is 3.51. The lowest BCUT2D eigenvalue weighted by Crippen LogP contribution is -2.45. The molecule has 100 valence electrons. The molecule has 2 N–H and O–H groups in total. The molecule has 1 unspecified atom stereocenters. The Balaban J connectivity index is 1.84. The van der Waals surface area contributed by atoms with E-state index in [1.807, 2.05) is 0 Å². The van der Waals surface area contributed by atoms with Crippen LogP contribution in [0.15, 0.2) is 23.4 Å². The maximum Gasteiger partial charge on any atom is 0.150 e. The summed E-state index contributed by atoms with van der Waals surface area (Å²) in [6.45, 7) is 5.10. The first-order valence-electron chi connectivity index (χ1n) is 6.16. The first-order chi connectivity index (χ1) is 8.66. The van der Waals surface area contributed by atoms with Gasteiger partial charge >= 0.3 is 0 Å². The highest BCUT2D eigenvalue weighted by Gasteiger charge is 2.15. The Morgan fingerprint density at radius 1 is 1.39 bits per heavy atom. The number of piperazine rings is 1. The minimum atomic E-state index is -1.10. The molecular formula is C12H20N4OS. The number of nitrogen functional groups attached to an aromatic ring is 1. The molecule has 0 aliphatic carbocycles. The van der Waals surface area contributed by atoms with Gasteiger partial charge in [0.05, 0.1) is 16.5 Å². The van der Waals surface area contributed by atoms with Gasteiger partial charge in [0.25, 0.3) is 0 Å². The Hall–Kier alpha value is -0.980. The third-order valence-electron chi connectivity index (χ3n) is 3.21. The zero-order chi connectivity index (χ0) is 13.0. The zero-order valence-electron chi connectivity index (χ0n) is 10.7. The Bertz CT molecular complexity index is 418. The van der Waals surface area contributed by atoms with Gasteiger partial charge in [-0.15, -0.1) is 0 Å². The van der Waals surface area contributed by atoms with Crippen LogP contribution in [0.4, 0.5) is 5.69 Å². The van der Waals surface area contributed by atoms with Crippen LogP contribution in [0.1, 0.15) is 0 Å². The van der Waals surface area contributed by atoms with E-state index in [-0.39, 0.29) is 0 Å². The van der Waals surface area contributed by atoms with Crippen molar-refractivity contribution in [3.63, 3.8) is 0 Å². The van der Waals surface area contributed by atoms with Crippen molar-refractivity contribution in [3.8, 4) is 0 Å². The third-order valence-corrected chi connectivity index (χ3v) is 4.53. The third kappa shape index (κ3) is 3.51. The van der Waals surface area contributed by atoms with E-state index in [1.54, 1.807) is 18.3 Å². The molecular weight excluding hydrogens is 248 g/mol. The highest BCUT2D eigenvalue weighted by molar-refractivity contribution is 7.85. The molecule has 1 fully saturated rings. The largest absolute Gasteiger partial charge is 0.396 e. The van der Waals surface area contributed by atoms with E-state index in [2.05, 4.69) is 21.8 Å². The van der Waals surface area contributed by atoms with E-state index in [9.17, 15) is 4.21 Å². The average Bonchev–Trinajstić information content (AvgIpc) is 2.38. The van der Waals surface area contributed by atoms with Crippen LogP contribution < -0.4 is 5.73 Å². The van der Waals surface area contributed by atoms with Crippen LogP contribution in [-0.4, -0.2) is 64.5 Å². The van der Waals surface area contributed by atoms with E-state index < -0.39 is 10.8 Å². The van der Waals surface area contributed by atoms with Crippen molar-refractivity contribution in [1.82, 2.24) is 14.8 Å². The highest BCUT2D eigenvalue weighted by Crippen LogP contribution is 2.12. The van der Waals surface area contributed by atoms with E-state index in [1.165, 1.54) is 0 Å². The number of anilines is 1. The number of likely N-dealkylation sites (N-methyl/N-ethyl adjacent to an activating group) is 1. The summed E-state index contributed by atoms with van der Waals surface area (Å²) in [5.41, 5.74) is 6.29. The van der Waals surface area contributed by atoms with Crippen molar-refractivity contribution in [1.29, 1.82) is 0 Å². The molecule has 0 aromatic carbocycles. The van der Waals surface area contributed by atoms with Crippen molar-refractivity contribution in [2.45, 2.75) is 5.03 Å². The van der Waals surface area contributed by atoms with Gasteiger partial charge in [0.15, 0.2) is 0 Å². The molecule has 1 aromatic rings. The minimum absolute atomic E-state index is 0.520. The fraction of sp³-hybridized carbons (Fsp3) is 0.583. The van der Waals surface area contributed by atoms with Crippen LogP contribution in [0.25, 0.3) is 0 Å². The predicted molar refractivity (Wildman–Crippen MR) is 73.9 cm³/mol. The molecule has 18 heavy (non-hydrogen) atoms. The van der Waals surface area contributed by atoms with E-state index in [4.69, 9.17) is 5.73 Å². The molecule has 2 heterocycles. The van der Waals surface area contributed by atoms with Crippen molar-refractivity contribution in [3.05, 3.63) is 18.3 Å². The summed E-state index contributed by atoms with van der Waals surface area (Å²) < 4.78 is 12.1. The summed E-state index contributed by atoms with van der Waals surface area (Å²) >= 11 is 0. The Morgan fingerprint density at radius 3 is 2.78 bits per heavy atom. The maximum atomic E-state index is 12.1. The molecule has 1 aliphatic heterocycles. The molecule has 6 heteroatoms. The van der Waals surface area contributed by atoms with Crippen LogP contribution in [0, 0.1) is 0 Å². The van der Waals surface area contributed by atoms with Gasteiger partial charge in [-0.2, -0.15) is 0 Å². The van der Waals surface area contributed by atoms with E-state index >= 15 is 0 Å². The molecule has 1 saturated heterocycles. The molecule has 1 aliphatic rings. The van der Waals surface area contributed by atoms with Crippen molar-refractivity contribution in [2.75, 3.05) is 51.3 Å². The molecule has 1 aromatic heterocycles. The molecule has 0 bridgehead atoms. The van der Waals surface area contributed by atoms with Gasteiger partial charge in [-0.25, -0.2) is 4.98 Å². The van der Waals surface area contributed by atoms with Gasteiger partial charge in [0.2, 0.25) is 0 Å². The molecule has 0 saturated carbocycles. The summed E-state index contributed by atoms with van der Waals surface area (Å²) in [5, 5.41) is 0.520. The van der Waals surface area contributed by atoms with Crippen molar-refractivity contribution >= 4 is 16.5 Å². The lowest BCUT2D eigenvalue weighted by molar-refractivity contribution is 0.161. The number of aromatic nitrogens is 1. The van der Waals surface area contributed by atoms with Gasteiger partial charge in [-0.05, 0) is 19.2 Å². The first-order valence-corrected chi connectivity index (χ1v) is 7.48. The molecule has 0 radical (unpaired) electrons. The Morgan fingerprint density at radius 2 is 2.11 bits per heavy atom. The van der Waals surface area contributed by atoms with Gasteiger partial charge < -0.3 is 10.6 Å². The minimum Gasteiger partial charge on any atom is -0.396 e. The second kappa shape index (κ2) is 6.26. The van der Waals surface area contributed by atoms with E-state index in [0.717, 1.165) is 32.7 Å². The number of hydrogen-bond acceptors (Lipinski definition) is 5. The molecule has 2 rings (SSSR count). The number of nitrogens with two attached hydrogens (primary N) is 1. The molecule has 1 atom stereocenters. The van der Waals surface area contributed by atoms with Crippen molar-refractivity contribution < 1.29 is 4.21 Å². The van der Waals surface area contributed by atoms with Crippen LogP contribution in [0.5, 0.6) is 0 Å². The summed E-state index contributed by atoms with van der Waals surface area (Å²) in [7, 11) is 1.03. The molecule has 0 spiro atoms. The maximum absolute atomic E-state index is 12.1. The van der Waals surface area contributed by atoms with Crippen LogP contribution >= 0.6 is 0 Å². The zero-order valence-corrected chi connectivity index (χ0v) is 11.5. The lowest BCUT2D eigenvalue weighted by atomic mass is 10.3. The van der Waals surface area contributed by atoms with Crippen molar-refractivity contribution in [2.24, 2.45) is 0 Å². The number of nitrogens with zero attached hydrogens (tertiary/aromatic N) is 3. The monoisotopic (exact) mass is 268 g/mol. The summed E-state index contributed by atoms with van der Waals surface area (Å²) in [4.78, 5) is 8.76. The SMILES string of the molecule is CN1CCN(CCS(=O)c2ncccc2N)CC1. The first kappa shape index (κ1) is 13.5. The fourth-order valence-electron chi connectivity index (χ4n) is 1.97. The van der Waals surface area contributed by atoms with Gasteiger partial charge in [0, 0.05) is 44.7 Å². The van der Waals surface area contributed by atoms with Gasteiger partial charge in [0.1, 0.15) is 5.03 Å². The smallest absolute Gasteiger partial charge is 0.150 e. The molecule has 0 amide bonds. The van der Waals surface area contributed by atoms with E-state index in [0.29, 0.717) is 16.5 Å². The standard InChI is InChI=1S/C12H20N4OS/c1-15-5-7-16(8-6-15)9-10-18(17)12-11(13)3-2-4-14-12/h2-4H,5-10,13H2,1H3. The Labute approximate surface area is 110 Å². The average molecular weight is 268 g/mol. The highest BCUT2D eigenvalue weighted by atomic mass is 32.2. The lowest BCUT2D eigenvalue weighted by Gasteiger charge is -2.32. The van der Waals surface area contributed by atoms with Crippen LogP contribution in [-0.2, 0) is 10.8 Å². The predicted octanol–water partition coefficient (Wildman–Crippen LogP) is 0.0188. The topological polar surface area (TPSA) is 62.5 Å². The number of rotatable bonds is 4. The van der Waals surface area contributed by atoms with Gasteiger partial charge in [-0.3, -0.25) is 9.11 Å². The number of hydrogen-bond donors (Lipinski definition) is 1. The molecule has 5 nitrogen and oxygen atoms in total. The summed E-state index contributed by atoms with van der Waals surface area (Å²) in [6.07, 6.45) is 1.64. The van der Waals surface area contributed by atoms with Gasteiger partial charge in [-0.1, -0.05) is 0 Å². The summed E-state index contributed by atoms with van der Waals surface area (Å²) in [5.74, 6) is 0.602. The van der Waals surface area contributed by atoms with Crippen LogP contribution in [0.2, 0.25) is 0 Å². The van der Waals surface area contributed by atoms with Crippen LogP contribution in [0.3, 0.4) is 0 Å². The quantitative estimate of drug-likeness (QED) is 0.834. The number of pyridine rings is 1. The second-order valence-corrected chi connectivity index (χ2v) is 6.08. The normalized spacial score (nSPS) is 19.8. The Kier molecular flexibility index (Phi) is 4.68. The fourth-order valence-corrected chi connectivity index (χ4v) is 3.10.